The van der Waals surface area contributed by atoms with Crippen LogP contribution in [0.15, 0.2) is 12.3 Å². The molecular weight excluding hydrogens is 206 g/mol. The minimum absolute atomic E-state index is 0.0242. The SMILES string of the molecule is C#CCC(C)Nc1ncc(C)cc1[N+](=O)[O-]. The van der Waals surface area contributed by atoms with E-state index in [1.54, 1.807) is 13.1 Å². The molecule has 0 spiro atoms. The fourth-order valence-corrected chi connectivity index (χ4v) is 1.27. The summed E-state index contributed by atoms with van der Waals surface area (Å²) in [5.41, 5.74) is 0.728. The van der Waals surface area contributed by atoms with Crippen LogP contribution in [-0.2, 0) is 0 Å². The molecule has 0 aliphatic carbocycles. The van der Waals surface area contributed by atoms with Crippen molar-refractivity contribution in [3.05, 3.63) is 27.9 Å². The van der Waals surface area contributed by atoms with E-state index in [9.17, 15) is 10.1 Å². The van der Waals surface area contributed by atoms with Gasteiger partial charge >= 0.3 is 5.69 Å². The zero-order chi connectivity index (χ0) is 12.1. The Kier molecular flexibility index (Phi) is 3.84. The minimum atomic E-state index is -0.453. The van der Waals surface area contributed by atoms with Gasteiger partial charge in [-0.3, -0.25) is 10.1 Å². The van der Waals surface area contributed by atoms with Gasteiger partial charge in [-0.1, -0.05) is 0 Å². The van der Waals surface area contributed by atoms with Gasteiger partial charge in [-0.2, -0.15) is 0 Å². The molecule has 1 atom stereocenters. The largest absolute Gasteiger partial charge is 0.361 e. The number of nitro groups is 1. The summed E-state index contributed by atoms with van der Waals surface area (Å²) in [5.74, 6) is 2.75. The van der Waals surface area contributed by atoms with E-state index in [0.717, 1.165) is 5.56 Å². The Labute approximate surface area is 94.0 Å². The molecule has 1 N–H and O–H groups in total. The summed E-state index contributed by atoms with van der Waals surface area (Å²) in [4.78, 5) is 14.3. The summed E-state index contributed by atoms with van der Waals surface area (Å²) >= 11 is 0. The van der Waals surface area contributed by atoms with Gasteiger partial charge in [0.05, 0.1) is 4.92 Å². The van der Waals surface area contributed by atoms with Crippen LogP contribution in [0.5, 0.6) is 0 Å². The second-order valence-corrected chi connectivity index (χ2v) is 3.59. The molecule has 0 aliphatic heterocycles. The number of nitrogens with zero attached hydrogens (tertiary/aromatic N) is 2. The maximum atomic E-state index is 10.8. The number of hydrogen-bond acceptors (Lipinski definition) is 4. The number of anilines is 1. The minimum Gasteiger partial charge on any atom is -0.361 e. The summed E-state index contributed by atoms with van der Waals surface area (Å²) in [6.07, 6.45) is 7.23. The van der Waals surface area contributed by atoms with Gasteiger partial charge in [0.2, 0.25) is 5.82 Å². The van der Waals surface area contributed by atoms with E-state index >= 15 is 0 Å². The molecule has 1 aromatic rings. The first-order chi connectivity index (χ1) is 7.54. The fourth-order valence-electron chi connectivity index (χ4n) is 1.27. The molecule has 0 aliphatic rings. The maximum Gasteiger partial charge on any atom is 0.311 e. The molecule has 0 amide bonds. The van der Waals surface area contributed by atoms with E-state index in [2.05, 4.69) is 16.2 Å². The summed E-state index contributed by atoms with van der Waals surface area (Å²) in [6, 6.07) is 1.44. The zero-order valence-electron chi connectivity index (χ0n) is 9.23. The average Bonchev–Trinajstić information content (AvgIpc) is 2.20. The third kappa shape index (κ3) is 2.95. The fraction of sp³-hybridized carbons (Fsp3) is 0.364. The van der Waals surface area contributed by atoms with Gasteiger partial charge in [0.25, 0.3) is 0 Å². The molecule has 0 aromatic carbocycles. The number of pyridine rings is 1. The predicted octanol–water partition coefficient (Wildman–Crippen LogP) is 2.12. The Bertz CT molecular complexity index is 437. The van der Waals surface area contributed by atoms with Crippen molar-refractivity contribution in [2.24, 2.45) is 0 Å². The highest BCUT2D eigenvalue weighted by Gasteiger charge is 2.16. The Hall–Kier alpha value is -2.09. The van der Waals surface area contributed by atoms with Crippen LogP contribution >= 0.6 is 0 Å². The number of nitrogens with one attached hydrogen (secondary N) is 1. The van der Waals surface area contributed by atoms with Crippen LogP contribution in [-0.4, -0.2) is 15.9 Å². The molecule has 5 nitrogen and oxygen atoms in total. The van der Waals surface area contributed by atoms with E-state index in [-0.39, 0.29) is 17.5 Å². The highest BCUT2D eigenvalue weighted by atomic mass is 16.6. The quantitative estimate of drug-likeness (QED) is 0.478. The van der Waals surface area contributed by atoms with E-state index in [1.807, 2.05) is 6.92 Å². The molecule has 0 saturated heterocycles. The molecule has 1 heterocycles. The lowest BCUT2D eigenvalue weighted by Gasteiger charge is -2.11. The molecule has 16 heavy (non-hydrogen) atoms. The van der Waals surface area contributed by atoms with E-state index < -0.39 is 4.92 Å². The lowest BCUT2D eigenvalue weighted by Crippen LogP contribution is -2.16. The first-order valence-corrected chi connectivity index (χ1v) is 4.85. The summed E-state index contributed by atoms with van der Waals surface area (Å²) < 4.78 is 0. The molecule has 1 rings (SSSR count). The number of aryl methyl sites for hydroxylation is 1. The first-order valence-electron chi connectivity index (χ1n) is 4.85. The highest BCUT2D eigenvalue weighted by molar-refractivity contribution is 5.57. The lowest BCUT2D eigenvalue weighted by atomic mass is 10.2. The Morgan fingerprint density at radius 1 is 1.75 bits per heavy atom. The van der Waals surface area contributed by atoms with Crippen molar-refractivity contribution in [1.82, 2.24) is 4.98 Å². The third-order valence-corrected chi connectivity index (χ3v) is 2.01. The van der Waals surface area contributed by atoms with Gasteiger partial charge in [-0.05, 0) is 19.4 Å². The van der Waals surface area contributed by atoms with Crippen LogP contribution < -0.4 is 5.32 Å². The smallest absolute Gasteiger partial charge is 0.311 e. The summed E-state index contributed by atoms with van der Waals surface area (Å²) in [6.45, 7) is 3.61. The van der Waals surface area contributed by atoms with Gasteiger partial charge in [0, 0.05) is 24.7 Å². The molecular formula is C11H13N3O2. The molecule has 1 unspecified atom stereocenters. The Morgan fingerprint density at radius 2 is 2.44 bits per heavy atom. The van der Waals surface area contributed by atoms with E-state index in [1.165, 1.54) is 6.07 Å². The van der Waals surface area contributed by atoms with Crippen LogP contribution in [0.1, 0.15) is 18.9 Å². The monoisotopic (exact) mass is 219 g/mol. The van der Waals surface area contributed by atoms with E-state index in [4.69, 9.17) is 6.42 Å². The van der Waals surface area contributed by atoms with Crippen LogP contribution in [0.4, 0.5) is 11.5 Å². The molecule has 0 radical (unpaired) electrons. The second kappa shape index (κ2) is 5.12. The van der Waals surface area contributed by atoms with Crippen molar-refractivity contribution >= 4 is 11.5 Å². The summed E-state index contributed by atoms with van der Waals surface area (Å²) in [5, 5.41) is 13.7. The van der Waals surface area contributed by atoms with Gasteiger partial charge < -0.3 is 5.32 Å². The molecule has 1 aromatic heterocycles. The van der Waals surface area contributed by atoms with E-state index in [0.29, 0.717) is 6.42 Å². The normalized spacial score (nSPS) is 11.6. The third-order valence-electron chi connectivity index (χ3n) is 2.01. The Balaban J connectivity index is 2.96. The number of aromatic nitrogens is 1. The Morgan fingerprint density at radius 3 is 3.00 bits per heavy atom. The van der Waals surface area contributed by atoms with Crippen molar-refractivity contribution in [1.29, 1.82) is 0 Å². The first kappa shape index (κ1) is 12.0. The van der Waals surface area contributed by atoms with Crippen LogP contribution in [0, 0.1) is 29.4 Å². The number of hydrogen-bond donors (Lipinski definition) is 1. The maximum absolute atomic E-state index is 10.8. The molecule has 5 heteroatoms. The van der Waals surface area contributed by atoms with Gasteiger partial charge in [-0.25, -0.2) is 4.98 Å². The van der Waals surface area contributed by atoms with Crippen molar-refractivity contribution in [3.8, 4) is 12.3 Å². The molecule has 0 bridgehead atoms. The van der Waals surface area contributed by atoms with Crippen LogP contribution in [0.2, 0.25) is 0 Å². The second-order valence-electron chi connectivity index (χ2n) is 3.59. The highest BCUT2D eigenvalue weighted by Crippen LogP contribution is 2.23. The van der Waals surface area contributed by atoms with Crippen LogP contribution in [0.3, 0.4) is 0 Å². The topological polar surface area (TPSA) is 68.1 Å². The van der Waals surface area contributed by atoms with Crippen molar-refractivity contribution < 1.29 is 4.92 Å². The number of rotatable bonds is 4. The molecule has 0 fully saturated rings. The predicted molar refractivity (Wildman–Crippen MR) is 62.2 cm³/mol. The average molecular weight is 219 g/mol. The zero-order valence-corrected chi connectivity index (χ0v) is 9.23. The van der Waals surface area contributed by atoms with Gasteiger partial charge in [0.1, 0.15) is 0 Å². The number of terminal acetylenes is 1. The lowest BCUT2D eigenvalue weighted by molar-refractivity contribution is -0.384. The van der Waals surface area contributed by atoms with Gasteiger partial charge in [0.15, 0.2) is 0 Å². The van der Waals surface area contributed by atoms with Crippen molar-refractivity contribution in [3.63, 3.8) is 0 Å². The van der Waals surface area contributed by atoms with Crippen molar-refractivity contribution in [2.45, 2.75) is 26.3 Å². The molecule has 84 valence electrons. The summed E-state index contributed by atoms with van der Waals surface area (Å²) in [7, 11) is 0. The standard InChI is InChI=1S/C11H13N3O2/c1-4-5-9(3)13-11-10(14(15)16)6-8(2)7-12-11/h1,6-7,9H,5H2,2-3H3,(H,12,13). The van der Waals surface area contributed by atoms with Crippen LogP contribution in [0.25, 0.3) is 0 Å². The van der Waals surface area contributed by atoms with Gasteiger partial charge in [-0.15, -0.1) is 12.3 Å². The molecule has 0 saturated carbocycles. The van der Waals surface area contributed by atoms with Crippen molar-refractivity contribution in [2.75, 3.05) is 5.32 Å².